The number of nitrogens with one attached hydrogen (secondary N) is 1. The highest BCUT2D eigenvalue weighted by atomic mass is 79.9. The van der Waals surface area contributed by atoms with E-state index in [0.29, 0.717) is 13.0 Å². The molecule has 1 aromatic carbocycles. The zero-order valence-electron chi connectivity index (χ0n) is 11.3. The minimum atomic E-state index is -0.403. The van der Waals surface area contributed by atoms with Crippen molar-refractivity contribution < 1.29 is 14.6 Å². The van der Waals surface area contributed by atoms with Gasteiger partial charge in [0.15, 0.2) is 0 Å². The highest BCUT2D eigenvalue weighted by Crippen LogP contribution is 2.18. The second-order valence-electron chi connectivity index (χ2n) is 5.08. The third kappa shape index (κ3) is 4.80. The molecule has 0 spiro atoms. The predicted molar refractivity (Wildman–Crippen MR) is 80.7 cm³/mol. The minimum absolute atomic E-state index is 0.0620. The predicted octanol–water partition coefficient (Wildman–Crippen LogP) is 2.64. The number of hydrogen-bond donors (Lipinski definition) is 2. The van der Waals surface area contributed by atoms with Crippen LogP contribution in [-0.4, -0.2) is 29.8 Å². The molecule has 2 rings (SSSR count). The summed E-state index contributed by atoms with van der Waals surface area (Å²) in [6.07, 6.45) is 3.65. The van der Waals surface area contributed by atoms with Crippen LogP contribution in [0.3, 0.4) is 0 Å². The van der Waals surface area contributed by atoms with E-state index in [-0.39, 0.29) is 11.9 Å². The average molecular weight is 342 g/mol. The number of carbonyl (C=O) groups is 1. The van der Waals surface area contributed by atoms with Crippen LogP contribution in [0, 0.1) is 0 Å². The number of carbonyl (C=O) groups excluding carboxylic acids is 1. The highest BCUT2D eigenvalue weighted by Gasteiger charge is 2.24. The van der Waals surface area contributed by atoms with Crippen LogP contribution in [0.1, 0.15) is 32.1 Å². The number of amides is 1. The lowest BCUT2D eigenvalue weighted by Gasteiger charge is -2.28. The van der Waals surface area contributed by atoms with Crippen LogP contribution in [0.4, 0.5) is 0 Å². The van der Waals surface area contributed by atoms with Crippen LogP contribution in [0.5, 0.6) is 5.75 Å². The molecule has 0 radical (unpaired) electrons. The molecule has 0 aromatic heterocycles. The molecule has 1 aliphatic carbocycles. The van der Waals surface area contributed by atoms with Gasteiger partial charge in [-0.15, -0.1) is 0 Å². The molecular formula is C15H20BrNO3. The van der Waals surface area contributed by atoms with Gasteiger partial charge in [-0.05, 0) is 37.1 Å². The van der Waals surface area contributed by atoms with Gasteiger partial charge in [0, 0.05) is 4.47 Å². The van der Waals surface area contributed by atoms with Crippen molar-refractivity contribution in [3.05, 3.63) is 28.7 Å². The van der Waals surface area contributed by atoms with Gasteiger partial charge in [-0.3, -0.25) is 4.79 Å². The fraction of sp³-hybridized carbons (Fsp3) is 0.533. The molecule has 1 aliphatic rings. The van der Waals surface area contributed by atoms with E-state index in [1.165, 1.54) is 0 Å². The van der Waals surface area contributed by atoms with Crippen LogP contribution in [-0.2, 0) is 4.79 Å². The molecule has 1 fully saturated rings. The first kappa shape index (κ1) is 15.3. The number of halogens is 1. The summed E-state index contributed by atoms with van der Waals surface area (Å²) < 4.78 is 6.50. The molecule has 4 nitrogen and oxygen atoms in total. The molecule has 0 bridgehead atoms. The molecule has 20 heavy (non-hydrogen) atoms. The number of aliphatic hydroxyl groups is 1. The van der Waals surface area contributed by atoms with E-state index >= 15 is 0 Å². The third-order valence-electron chi connectivity index (χ3n) is 3.49. The second kappa shape index (κ2) is 7.64. The van der Waals surface area contributed by atoms with Crippen molar-refractivity contribution >= 4 is 21.8 Å². The first-order valence-electron chi connectivity index (χ1n) is 7.01. The maximum atomic E-state index is 11.8. The van der Waals surface area contributed by atoms with Crippen molar-refractivity contribution in [3.63, 3.8) is 0 Å². The number of aliphatic hydroxyl groups excluding tert-OH is 1. The van der Waals surface area contributed by atoms with E-state index in [2.05, 4.69) is 21.2 Å². The van der Waals surface area contributed by atoms with Gasteiger partial charge in [-0.2, -0.15) is 0 Å². The van der Waals surface area contributed by atoms with Crippen LogP contribution in [0.25, 0.3) is 0 Å². The molecule has 2 atom stereocenters. The summed E-state index contributed by atoms with van der Waals surface area (Å²) in [6, 6.07) is 7.41. The van der Waals surface area contributed by atoms with Gasteiger partial charge in [0.1, 0.15) is 5.75 Å². The lowest BCUT2D eigenvalue weighted by Crippen LogP contribution is -2.45. The third-order valence-corrected chi connectivity index (χ3v) is 4.02. The average Bonchev–Trinajstić information content (AvgIpc) is 2.44. The van der Waals surface area contributed by atoms with Crippen molar-refractivity contribution in [2.24, 2.45) is 0 Å². The molecule has 5 heteroatoms. The SMILES string of the molecule is O=C(CCOc1ccc(Br)cc1)N[C@@H]1CCCC[C@H]1O. The number of rotatable bonds is 5. The molecule has 1 saturated carbocycles. The Bertz CT molecular complexity index is 435. The lowest BCUT2D eigenvalue weighted by atomic mass is 9.92. The fourth-order valence-electron chi connectivity index (χ4n) is 2.35. The summed E-state index contributed by atoms with van der Waals surface area (Å²) in [6.45, 7) is 0.344. The standard InChI is InChI=1S/C15H20BrNO3/c16-11-5-7-12(8-6-11)20-10-9-15(19)17-13-3-1-2-4-14(13)18/h5-8,13-14,18H,1-4,9-10H2,(H,17,19)/t13-,14-/m1/s1. The first-order valence-corrected chi connectivity index (χ1v) is 7.80. The molecule has 0 saturated heterocycles. The maximum Gasteiger partial charge on any atom is 0.223 e. The van der Waals surface area contributed by atoms with Gasteiger partial charge in [-0.25, -0.2) is 0 Å². The zero-order chi connectivity index (χ0) is 14.4. The summed E-state index contributed by atoms with van der Waals surface area (Å²) in [5.41, 5.74) is 0. The molecular weight excluding hydrogens is 322 g/mol. The van der Waals surface area contributed by atoms with Crippen LogP contribution >= 0.6 is 15.9 Å². The first-order chi connectivity index (χ1) is 9.65. The largest absolute Gasteiger partial charge is 0.493 e. The van der Waals surface area contributed by atoms with E-state index in [9.17, 15) is 9.90 Å². The Hall–Kier alpha value is -1.07. The topological polar surface area (TPSA) is 58.6 Å². The quantitative estimate of drug-likeness (QED) is 0.865. The van der Waals surface area contributed by atoms with E-state index in [1.54, 1.807) is 0 Å². The van der Waals surface area contributed by atoms with E-state index < -0.39 is 6.10 Å². The molecule has 1 amide bonds. The van der Waals surface area contributed by atoms with Crippen molar-refractivity contribution in [2.45, 2.75) is 44.2 Å². The smallest absolute Gasteiger partial charge is 0.223 e. The summed E-state index contributed by atoms with van der Waals surface area (Å²) in [7, 11) is 0. The van der Waals surface area contributed by atoms with Crippen LogP contribution in [0.2, 0.25) is 0 Å². The highest BCUT2D eigenvalue weighted by molar-refractivity contribution is 9.10. The number of benzene rings is 1. The van der Waals surface area contributed by atoms with Gasteiger partial charge in [-0.1, -0.05) is 28.8 Å². The van der Waals surface area contributed by atoms with Gasteiger partial charge in [0.05, 0.1) is 25.2 Å². The minimum Gasteiger partial charge on any atom is -0.493 e. The Morgan fingerprint density at radius 2 is 2.00 bits per heavy atom. The van der Waals surface area contributed by atoms with Crippen LogP contribution in [0.15, 0.2) is 28.7 Å². The van der Waals surface area contributed by atoms with Crippen molar-refractivity contribution in [3.8, 4) is 5.75 Å². The molecule has 0 unspecified atom stereocenters. The van der Waals surface area contributed by atoms with Crippen LogP contribution < -0.4 is 10.1 Å². The molecule has 1 aromatic rings. The zero-order valence-corrected chi connectivity index (χ0v) is 12.9. The number of ether oxygens (including phenoxy) is 1. The Kier molecular flexibility index (Phi) is 5.86. The van der Waals surface area contributed by atoms with E-state index in [1.807, 2.05) is 24.3 Å². The molecule has 0 aliphatic heterocycles. The van der Waals surface area contributed by atoms with Gasteiger partial charge in [0.2, 0.25) is 5.91 Å². The number of hydrogen-bond acceptors (Lipinski definition) is 3. The molecule has 110 valence electrons. The molecule has 0 heterocycles. The summed E-state index contributed by atoms with van der Waals surface area (Å²) in [5, 5.41) is 12.7. The maximum absolute atomic E-state index is 11.8. The summed E-state index contributed by atoms with van der Waals surface area (Å²) in [4.78, 5) is 11.8. The Labute approximate surface area is 127 Å². The van der Waals surface area contributed by atoms with E-state index in [0.717, 1.165) is 35.9 Å². The fourth-order valence-corrected chi connectivity index (χ4v) is 2.62. The van der Waals surface area contributed by atoms with Crippen molar-refractivity contribution in [1.29, 1.82) is 0 Å². The normalized spacial score (nSPS) is 22.3. The Morgan fingerprint density at radius 1 is 1.30 bits per heavy atom. The Morgan fingerprint density at radius 3 is 2.70 bits per heavy atom. The van der Waals surface area contributed by atoms with Gasteiger partial charge < -0.3 is 15.2 Å². The van der Waals surface area contributed by atoms with Crippen molar-refractivity contribution in [1.82, 2.24) is 5.32 Å². The lowest BCUT2D eigenvalue weighted by molar-refractivity contribution is -0.123. The summed E-state index contributed by atoms with van der Waals surface area (Å²) >= 11 is 3.35. The summed E-state index contributed by atoms with van der Waals surface area (Å²) in [5.74, 6) is 0.687. The molecule has 2 N–H and O–H groups in total. The Balaban J connectivity index is 1.68. The van der Waals surface area contributed by atoms with Crippen molar-refractivity contribution in [2.75, 3.05) is 6.61 Å². The van der Waals surface area contributed by atoms with Gasteiger partial charge >= 0.3 is 0 Å². The second-order valence-corrected chi connectivity index (χ2v) is 5.99. The van der Waals surface area contributed by atoms with E-state index in [4.69, 9.17) is 4.74 Å². The monoisotopic (exact) mass is 341 g/mol. The van der Waals surface area contributed by atoms with Gasteiger partial charge in [0.25, 0.3) is 0 Å².